The number of fused-ring (bicyclic) bond motifs is 2. The van der Waals surface area contributed by atoms with Gasteiger partial charge in [0.05, 0.1) is 5.36 Å². The molecule has 1 N–H and O–H groups in total. The van der Waals surface area contributed by atoms with Crippen LogP contribution >= 0.6 is 11.8 Å². The summed E-state index contributed by atoms with van der Waals surface area (Å²) < 4.78 is 13.5. The molecule has 2 aliphatic rings. The molecule has 3 aromatic carbocycles. The van der Waals surface area contributed by atoms with Crippen LogP contribution in [0.1, 0.15) is 17.3 Å². The maximum absolute atomic E-state index is 13.5. The molecule has 5 rings (SSSR count). The molecular formula is C23H17FN4OS. The average Bonchev–Trinajstić information content (AvgIpc) is 2.78. The van der Waals surface area contributed by atoms with Crippen LogP contribution in [0, 0.1) is 5.82 Å². The summed E-state index contributed by atoms with van der Waals surface area (Å²) in [6.45, 7) is 0. The predicted octanol–water partition coefficient (Wildman–Crippen LogP) is 2.90. The topological polar surface area (TPSA) is 57.1 Å². The van der Waals surface area contributed by atoms with E-state index >= 15 is 0 Å². The van der Waals surface area contributed by atoms with Crippen molar-refractivity contribution in [3.05, 3.63) is 106 Å². The van der Waals surface area contributed by atoms with Crippen LogP contribution in [0.3, 0.4) is 0 Å². The van der Waals surface area contributed by atoms with Crippen molar-refractivity contribution < 1.29 is 9.18 Å². The Morgan fingerprint density at radius 2 is 1.70 bits per heavy atom. The Balaban J connectivity index is 1.57. The van der Waals surface area contributed by atoms with E-state index in [9.17, 15) is 9.18 Å². The van der Waals surface area contributed by atoms with Gasteiger partial charge in [-0.15, -0.1) is 5.10 Å². The Morgan fingerprint density at radius 3 is 2.50 bits per heavy atom. The fourth-order valence-corrected chi connectivity index (χ4v) is 4.28. The number of amides is 1. The maximum atomic E-state index is 13.5. The van der Waals surface area contributed by atoms with E-state index in [0.717, 1.165) is 16.3 Å². The van der Waals surface area contributed by atoms with Gasteiger partial charge in [-0.3, -0.25) is 15.1 Å². The molecule has 0 fully saturated rings. The number of hydrogen-bond acceptors (Lipinski definition) is 5. The largest absolute Gasteiger partial charge is 0.298 e. The van der Waals surface area contributed by atoms with Gasteiger partial charge in [0.2, 0.25) is 0 Å². The van der Waals surface area contributed by atoms with Crippen LogP contribution in [0.15, 0.2) is 89.0 Å². The fraction of sp³-hybridized carbons (Fsp3) is 0.0870. The third-order valence-electron chi connectivity index (χ3n) is 4.90. The SMILES string of the molecule is O=C1NC(SCc2ccccc2)=NN2C1=c1ccccc1=N[C@@H]2c1ccc(F)cc1. The van der Waals surface area contributed by atoms with Crippen molar-refractivity contribution in [3.63, 3.8) is 0 Å². The van der Waals surface area contributed by atoms with Gasteiger partial charge in [-0.25, -0.2) is 9.40 Å². The molecule has 148 valence electrons. The van der Waals surface area contributed by atoms with Crippen LogP contribution in [0.4, 0.5) is 4.39 Å². The molecule has 1 atom stereocenters. The second-order valence-corrected chi connectivity index (χ2v) is 7.86. The van der Waals surface area contributed by atoms with E-state index in [0.29, 0.717) is 22.0 Å². The van der Waals surface area contributed by atoms with Crippen molar-refractivity contribution >= 4 is 28.5 Å². The number of hydrazone groups is 1. The predicted molar refractivity (Wildman–Crippen MR) is 115 cm³/mol. The minimum Gasteiger partial charge on any atom is -0.298 e. The number of nitrogens with zero attached hydrogens (tertiary/aromatic N) is 3. The number of carbonyl (C=O) groups is 1. The van der Waals surface area contributed by atoms with Gasteiger partial charge in [-0.2, -0.15) is 0 Å². The van der Waals surface area contributed by atoms with Crippen molar-refractivity contribution in [2.75, 3.05) is 0 Å². The van der Waals surface area contributed by atoms with Crippen LogP contribution in [0.25, 0.3) is 5.70 Å². The zero-order valence-electron chi connectivity index (χ0n) is 15.8. The standard InChI is InChI=1S/C23H17FN4OS/c24-17-12-10-16(11-13-17)21-25-19-9-5-4-8-18(19)20-22(29)26-23(27-28(20)21)30-14-15-6-2-1-3-7-15/h1-13,21H,14H2,(H,26,27,29)/t21-/m0/s1. The Bertz CT molecular complexity index is 1260. The number of halogens is 1. The van der Waals surface area contributed by atoms with Crippen LogP contribution in [-0.2, 0) is 10.5 Å². The smallest absolute Gasteiger partial charge is 0.276 e. The van der Waals surface area contributed by atoms with E-state index in [-0.39, 0.29) is 11.7 Å². The third kappa shape index (κ3) is 3.48. The van der Waals surface area contributed by atoms with Gasteiger partial charge < -0.3 is 0 Å². The summed E-state index contributed by atoms with van der Waals surface area (Å²) in [6.07, 6.45) is -0.547. The van der Waals surface area contributed by atoms with E-state index < -0.39 is 6.17 Å². The number of rotatable bonds is 3. The van der Waals surface area contributed by atoms with Gasteiger partial charge in [-0.05, 0) is 29.3 Å². The Hall–Kier alpha value is -3.45. The second kappa shape index (κ2) is 7.76. The molecule has 0 aromatic heterocycles. The lowest BCUT2D eigenvalue weighted by atomic mass is 10.1. The average molecular weight is 416 g/mol. The summed E-state index contributed by atoms with van der Waals surface area (Å²) in [5, 5.41) is 11.2. The van der Waals surface area contributed by atoms with Crippen LogP contribution in [-0.4, -0.2) is 16.1 Å². The molecular weight excluding hydrogens is 399 g/mol. The van der Waals surface area contributed by atoms with Crippen molar-refractivity contribution in [2.45, 2.75) is 11.9 Å². The van der Waals surface area contributed by atoms with Gasteiger partial charge in [-0.1, -0.05) is 72.4 Å². The number of benzene rings is 3. The molecule has 2 heterocycles. The Kier molecular flexibility index (Phi) is 4.80. The van der Waals surface area contributed by atoms with Crippen LogP contribution in [0.2, 0.25) is 0 Å². The molecule has 2 aliphatic heterocycles. The Morgan fingerprint density at radius 1 is 0.967 bits per heavy atom. The van der Waals surface area contributed by atoms with Gasteiger partial charge >= 0.3 is 0 Å². The number of para-hydroxylation sites is 1. The molecule has 0 bridgehead atoms. The molecule has 0 aliphatic carbocycles. The first-order chi connectivity index (χ1) is 14.7. The zero-order valence-corrected chi connectivity index (χ0v) is 16.6. The maximum Gasteiger partial charge on any atom is 0.276 e. The highest BCUT2D eigenvalue weighted by Gasteiger charge is 2.34. The number of amidine groups is 1. The van der Waals surface area contributed by atoms with E-state index in [1.807, 2.05) is 54.6 Å². The monoisotopic (exact) mass is 416 g/mol. The highest BCUT2D eigenvalue weighted by atomic mass is 32.2. The lowest BCUT2D eigenvalue weighted by Crippen LogP contribution is -2.50. The van der Waals surface area contributed by atoms with Crippen molar-refractivity contribution in [1.82, 2.24) is 10.3 Å². The first-order valence-corrected chi connectivity index (χ1v) is 10.5. The normalized spacial score (nSPS) is 17.4. The van der Waals surface area contributed by atoms with Crippen molar-refractivity contribution in [2.24, 2.45) is 10.1 Å². The minimum atomic E-state index is -0.547. The molecule has 0 saturated heterocycles. The van der Waals surface area contributed by atoms with Gasteiger partial charge in [0.1, 0.15) is 11.5 Å². The highest BCUT2D eigenvalue weighted by molar-refractivity contribution is 8.13. The number of hydrogen-bond donors (Lipinski definition) is 1. The molecule has 1 amide bonds. The van der Waals surface area contributed by atoms with E-state index in [4.69, 9.17) is 10.1 Å². The summed E-state index contributed by atoms with van der Waals surface area (Å²) in [6, 6.07) is 23.6. The summed E-state index contributed by atoms with van der Waals surface area (Å²) in [5.74, 6) is 0.131. The van der Waals surface area contributed by atoms with E-state index in [1.165, 1.54) is 23.9 Å². The van der Waals surface area contributed by atoms with Crippen LogP contribution in [0.5, 0.6) is 0 Å². The highest BCUT2D eigenvalue weighted by Crippen LogP contribution is 2.31. The van der Waals surface area contributed by atoms with Gasteiger partial charge in [0.25, 0.3) is 5.91 Å². The fourth-order valence-electron chi connectivity index (χ4n) is 3.47. The molecule has 0 radical (unpaired) electrons. The number of thioether (sulfide) groups is 1. The quantitative estimate of drug-likeness (QED) is 0.714. The first-order valence-electron chi connectivity index (χ1n) is 9.47. The lowest BCUT2D eigenvalue weighted by Gasteiger charge is -2.34. The van der Waals surface area contributed by atoms with Crippen LogP contribution < -0.4 is 15.9 Å². The molecule has 30 heavy (non-hydrogen) atoms. The minimum absolute atomic E-state index is 0.227. The van der Waals surface area contributed by atoms with E-state index in [2.05, 4.69) is 5.32 Å². The summed E-state index contributed by atoms with van der Waals surface area (Å²) >= 11 is 1.45. The van der Waals surface area contributed by atoms with E-state index in [1.54, 1.807) is 17.1 Å². The molecule has 5 nitrogen and oxygen atoms in total. The third-order valence-corrected chi connectivity index (χ3v) is 5.84. The zero-order chi connectivity index (χ0) is 20.5. The summed E-state index contributed by atoms with van der Waals surface area (Å²) in [4.78, 5) is 17.9. The number of carbonyl (C=O) groups excluding carboxylic acids is 1. The molecule has 0 unspecified atom stereocenters. The van der Waals surface area contributed by atoms with Crippen molar-refractivity contribution in [3.8, 4) is 0 Å². The second-order valence-electron chi connectivity index (χ2n) is 6.90. The molecule has 7 heteroatoms. The molecule has 0 saturated carbocycles. The molecule has 0 spiro atoms. The lowest BCUT2D eigenvalue weighted by molar-refractivity contribution is -0.116. The number of nitrogens with one attached hydrogen (secondary N) is 1. The van der Waals surface area contributed by atoms with Gasteiger partial charge in [0.15, 0.2) is 11.3 Å². The molecule has 3 aromatic rings. The summed E-state index contributed by atoms with van der Waals surface area (Å²) in [7, 11) is 0. The van der Waals surface area contributed by atoms with Crippen molar-refractivity contribution in [1.29, 1.82) is 0 Å². The van der Waals surface area contributed by atoms with Gasteiger partial charge in [0, 0.05) is 11.0 Å². The summed E-state index contributed by atoms with van der Waals surface area (Å²) in [5.41, 5.74) is 2.34. The Labute approximate surface area is 176 Å². The first kappa shape index (κ1) is 18.6.